The van der Waals surface area contributed by atoms with Gasteiger partial charge in [0.25, 0.3) is 0 Å². The van der Waals surface area contributed by atoms with Crippen molar-refractivity contribution in [1.82, 2.24) is 12.3 Å². The number of hydrogen-bond donors (Lipinski definition) is 2. The van der Waals surface area contributed by atoms with Crippen molar-refractivity contribution in [2.24, 2.45) is 0 Å². The number of unbranched alkanes of at least 4 members (excludes halogenated alkanes) is 8. The van der Waals surface area contributed by atoms with E-state index in [-0.39, 0.29) is 18.7 Å². The molecule has 0 aromatic carbocycles. The van der Waals surface area contributed by atoms with Crippen molar-refractivity contribution in [2.45, 2.75) is 78.1 Å². The van der Waals surface area contributed by atoms with E-state index in [2.05, 4.69) is 6.92 Å². The molecule has 0 aliphatic carbocycles. The molecule has 20 heavy (non-hydrogen) atoms. The van der Waals surface area contributed by atoms with Crippen LogP contribution in [0.25, 0.3) is 0 Å². The second kappa shape index (κ2) is 23.0. The van der Waals surface area contributed by atoms with Crippen molar-refractivity contribution in [1.29, 1.82) is 0 Å². The first-order valence-electron chi connectivity index (χ1n) is 6.88. The number of carboxylic acids is 2. The van der Waals surface area contributed by atoms with Gasteiger partial charge in [-0.25, -0.2) is 0 Å². The zero-order valence-corrected chi connectivity index (χ0v) is 13.7. The van der Waals surface area contributed by atoms with Crippen LogP contribution in [-0.2, 0) is 9.59 Å². The second-order valence-electron chi connectivity index (χ2n) is 4.44. The Bertz CT molecular complexity index is 207. The van der Waals surface area contributed by atoms with Crippen molar-refractivity contribution in [2.75, 3.05) is 0 Å². The van der Waals surface area contributed by atoms with Gasteiger partial charge in [-0.1, -0.05) is 58.3 Å². The Labute approximate surface area is 123 Å². The lowest BCUT2D eigenvalue weighted by Gasteiger charge is -2.02. The average Bonchev–Trinajstić information content (AvgIpc) is 2.26. The van der Waals surface area contributed by atoms with Crippen LogP contribution in [0.2, 0.25) is 0 Å². The molecule has 0 saturated heterocycles. The first-order valence-corrected chi connectivity index (χ1v) is 6.88. The summed E-state index contributed by atoms with van der Waals surface area (Å²) in [4.78, 5) is 19.0. The minimum absolute atomic E-state index is 0. The van der Waals surface area contributed by atoms with E-state index in [1.54, 1.807) is 0 Å². The Morgan fingerprint density at radius 1 is 0.750 bits per heavy atom. The van der Waals surface area contributed by atoms with E-state index in [1.807, 2.05) is 0 Å². The van der Waals surface area contributed by atoms with Gasteiger partial charge in [-0.2, -0.15) is 0 Å². The van der Waals surface area contributed by atoms with Crippen LogP contribution in [0.5, 0.6) is 0 Å². The molecule has 0 unspecified atom stereocenters. The van der Waals surface area contributed by atoms with E-state index >= 15 is 0 Å². The molecule has 6 nitrogen and oxygen atoms in total. The molecule has 124 valence electrons. The molecular weight excluding hydrogens is 260 g/mol. The van der Waals surface area contributed by atoms with Gasteiger partial charge >= 0.3 is 0 Å². The van der Waals surface area contributed by atoms with E-state index in [4.69, 9.17) is 9.90 Å². The summed E-state index contributed by atoms with van der Waals surface area (Å²) in [6.45, 7) is 3.19. The normalized spacial score (nSPS) is 8.50. The summed E-state index contributed by atoms with van der Waals surface area (Å²) >= 11 is 0. The van der Waals surface area contributed by atoms with Crippen molar-refractivity contribution >= 4 is 11.9 Å². The number of hydrogen-bond acceptors (Lipinski definition) is 4. The molecule has 0 aromatic rings. The molecule has 0 aliphatic rings. The molecule has 0 bridgehead atoms. The van der Waals surface area contributed by atoms with Crippen molar-refractivity contribution in [3.8, 4) is 0 Å². The number of quaternary nitrogens is 2. The predicted molar refractivity (Wildman–Crippen MR) is 79.5 cm³/mol. The first kappa shape index (κ1) is 27.2. The summed E-state index contributed by atoms with van der Waals surface area (Å²) in [6.07, 6.45) is 11.2. The molecule has 0 saturated carbocycles. The van der Waals surface area contributed by atoms with Crippen molar-refractivity contribution in [3.05, 3.63) is 0 Å². The maximum atomic E-state index is 10.1. The molecule has 0 fully saturated rings. The lowest BCUT2D eigenvalue weighted by Crippen LogP contribution is -2.21. The lowest BCUT2D eigenvalue weighted by molar-refractivity contribution is -0.306. The fraction of sp³-hybridized carbons (Fsp3) is 0.857. The van der Waals surface area contributed by atoms with Crippen LogP contribution in [0.15, 0.2) is 0 Å². The van der Waals surface area contributed by atoms with Gasteiger partial charge in [0.15, 0.2) is 0 Å². The van der Waals surface area contributed by atoms with Gasteiger partial charge in [-0.05, 0) is 19.8 Å². The third kappa shape index (κ3) is 43.6. The van der Waals surface area contributed by atoms with E-state index < -0.39 is 11.9 Å². The fourth-order valence-electron chi connectivity index (χ4n) is 1.58. The third-order valence-electron chi connectivity index (χ3n) is 2.48. The summed E-state index contributed by atoms with van der Waals surface area (Å²) in [5, 5.41) is 19.0. The van der Waals surface area contributed by atoms with Gasteiger partial charge in [0.05, 0.1) is 0 Å². The molecule has 8 N–H and O–H groups in total. The average molecular weight is 294 g/mol. The van der Waals surface area contributed by atoms with Gasteiger partial charge in [0.1, 0.15) is 0 Å². The zero-order chi connectivity index (χ0) is 14.2. The molecule has 0 radical (unpaired) electrons. The quantitative estimate of drug-likeness (QED) is 0.592. The summed E-state index contributed by atoms with van der Waals surface area (Å²) in [5.74, 6) is -1.99. The smallest absolute Gasteiger partial charge is 0.0414 e. The highest BCUT2D eigenvalue weighted by molar-refractivity contribution is 5.64. The minimum Gasteiger partial charge on any atom is -0.550 e. The number of carbonyl (C=O) groups excluding carboxylic acids is 2. The molecule has 0 rings (SSSR count). The highest BCUT2D eigenvalue weighted by atomic mass is 16.4. The van der Waals surface area contributed by atoms with Crippen LogP contribution in [0.1, 0.15) is 78.1 Å². The predicted octanol–water partition coefficient (Wildman–Crippen LogP) is 2.17. The van der Waals surface area contributed by atoms with Gasteiger partial charge < -0.3 is 32.1 Å². The number of aliphatic carboxylic acids is 2. The maximum absolute atomic E-state index is 10.1. The molecule has 0 heterocycles. The monoisotopic (exact) mass is 294 g/mol. The van der Waals surface area contributed by atoms with E-state index in [1.165, 1.54) is 44.9 Å². The van der Waals surface area contributed by atoms with E-state index in [0.29, 0.717) is 0 Å². The number of carbonyl (C=O) groups is 2. The Morgan fingerprint density at radius 2 is 1.05 bits per heavy atom. The standard InChI is InChI=1S/C12H24O2.C2H4O2.2H3N/c1-2-3-4-5-6-7-8-9-10-11-12(13)14;1-2(3)4;;/h2-11H2,1H3,(H,13,14);1H3,(H,3,4);2*1H3. The van der Waals surface area contributed by atoms with Crippen LogP contribution in [0.4, 0.5) is 0 Å². The molecule has 0 atom stereocenters. The highest BCUT2D eigenvalue weighted by Crippen LogP contribution is 2.09. The number of rotatable bonds is 10. The first-order chi connectivity index (χ1) is 8.50. The summed E-state index contributed by atoms with van der Waals surface area (Å²) in [7, 11) is 0. The lowest BCUT2D eigenvalue weighted by atomic mass is 10.1. The fourth-order valence-corrected chi connectivity index (χ4v) is 1.58. The Kier molecular flexibility index (Phi) is 31.3. The molecular formula is C14H34N2O4. The Hall–Kier alpha value is -1.14. The minimum atomic E-state index is -1.08. The summed E-state index contributed by atoms with van der Waals surface area (Å²) in [6, 6.07) is 0. The van der Waals surface area contributed by atoms with E-state index in [0.717, 1.165) is 19.8 Å². The topological polar surface area (TPSA) is 153 Å². The van der Waals surface area contributed by atoms with Crippen LogP contribution in [0, 0.1) is 0 Å². The SMILES string of the molecule is CC(=O)[O-].CCCCCCCCCCCC(=O)[O-].[NH4+].[NH4+]. The summed E-state index contributed by atoms with van der Waals surface area (Å²) in [5.41, 5.74) is 0. The highest BCUT2D eigenvalue weighted by Gasteiger charge is 1.92. The van der Waals surface area contributed by atoms with Crippen molar-refractivity contribution < 1.29 is 19.8 Å². The van der Waals surface area contributed by atoms with Crippen LogP contribution in [0.3, 0.4) is 0 Å². The largest absolute Gasteiger partial charge is 0.550 e. The van der Waals surface area contributed by atoms with Gasteiger partial charge in [-0.3, -0.25) is 0 Å². The second-order valence-corrected chi connectivity index (χ2v) is 4.44. The zero-order valence-electron chi connectivity index (χ0n) is 13.7. The van der Waals surface area contributed by atoms with Gasteiger partial charge in [-0.15, -0.1) is 0 Å². The molecule has 6 heteroatoms. The molecule has 0 spiro atoms. The molecule has 0 aromatic heterocycles. The molecule has 0 amide bonds. The molecule has 0 aliphatic heterocycles. The van der Waals surface area contributed by atoms with Crippen LogP contribution < -0.4 is 22.5 Å². The maximum Gasteiger partial charge on any atom is 0.0414 e. The van der Waals surface area contributed by atoms with Gasteiger partial charge in [0.2, 0.25) is 0 Å². The Balaban J connectivity index is -0.000000188. The van der Waals surface area contributed by atoms with Crippen LogP contribution >= 0.6 is 0 Å². The van der Waals surface area contributed by atoms with Crippen molar-refractivity contribution in [3.63, 3.8) is 0 Å². The van der Waals surface area contributed by atoms with Crippen LogP contribution in [-0.4, -0.2) is 11.9 Å². The summed E-state index contributed by atoms with van der Waals surface area (Å²) < 4.78 is 0. The van der Waals surface area contributed by atoms with E-state index in [9.17, 15) is 9.90 Å². The third-order valence-corrected chi connectivity index (χ3v) is 2.48. The number of carboxylic acid groups (broad SMARTS) is 2. The Morgan fingerprint density at radius 3 is 1.35 bits per heavy atom. The van der Waals surface area contributed by atoms with Gasteiger partial charge in [0, 0.05) is 11.9 Å².